The molecular weight excluding hydrogens is 797 g/mol. The molecule has 0 aromatic heterocycles. The number of phenols is 1. The number of likely N-dealkylation sites (N-methyl/N-ethyl adjacent to an activating group) is 1. The number of carbonyl (C=O) groups is 3. The summed E-state index contributed by atoms with van der Waals surface area (Å²) < 4.78 is 46.6. The van der Waals surface area contributed by atoms with Gasteiger partial charge in [0.15, 0.2) is 40.0 Å². The van der Waals surface area contributed by atoms with Gasteiger partial charge in [0.2, 0.25) is 6.79 Å². The molecule has 0 saturated carbocycles. The van der Waals surface area contributed by atoms with E-state index >= 15 is 0 Å². The van der Waals surface area contributed by atoms with Crippen LogP contribution in [0.1, 0.15) is 68.8 Å². The molecule has 60 heavy (non-hydrogen) atoms. The zero-order valence-electron chi connectivity index (χ0n) is 33.9. The number of carbonyl (C=O) groups excluding carboxylic acids is 3. The van der Waals surface area contributed by atoms with Crippen molar-refractivity contribution in [1.29, 1.82) is 5.26 Å². The van der Waals surface area contributed by atoms with Gasteiger partial charge in [0.1, 0.15) is 18.4 Å². The van der Waals surface area contributed by atoms with Gasteiger partial charge in [-0.1, -0.05) is 12.6 Å². The summed E-state index contributed by atoms with van der Waals surface area (Å²) in [6, 6.07) is 5.06. The number of aromatic hydroxyl groups is 1. The van der Waals surface area contributed by atoms with Crippen LogP contribution in [-0.2, 0) is 37.4 Å². The number of piperazine rings is 1. The molecule has 0 radical (unpaired) electrons. The Morgan fingerprint density at radius 2 is 1.83 bits per heavy atom. The number of fused-ring (bicyclic) bond motifs is 9. The zero-order valence-corrected chi connectivity index (χ0v) is 34.7. The molecule has 2 N–H and O–H groups in total. The third kappa shape index (κ3) is 5.71. The van der Waals surface area contributed by atoms with E-state index in [4.69, 9.17) is 37.9 Å². The smallest absolute Gasteiger partial charge is 0.504 e. The number of aryl methyl sites for hydroxylation is 1. The van der Waals surface area contributed by atoms with Crippen molar-refractivity contribution in [3.05, 3.63) is 75.5 Å². The van der Waals surface area contributed by atoms with Crippen LogP contribution in [0.3, 0.4) is 0 Å². The van der Waals surface area contributed by atoms with Crippen molar-refractivity contribution < 1.29 is 57.4 Å². The maximum atomic E-state index is 15.0. The minimum Gasteiger partial charge on any atom is -0.504 e. The Hall–Kier alpha value is -5.67. The Balaban J connectivity index is 1.29. The number of hydrogen-bond acceptors (Lipinski definition) is 17. The molecule has 0 aliphatic carbocycles. The average molecular weight is 841 g/mol. The molecule has 7 aliphatic rings. The fourth-order valence-electron chi connectivity index (χ4n) is 10.4. The molecule has 16 nitrogen and oxygen atoms in total. The van der Waals surface area contributed by atoms with Gasteiger partial charge in [-0.15, -0.1) is 11.8 Å². The van der Waals surface area contributed by atoms with E-state index in [1.54, 1.807) is 12.1 Å². The number of phenolic OH excluding ortho intramolecular Hbond substituents is 1. The summed E-state index contributed by atoms with van der Waals surface area (Å²) in [6.07, 6.45) is 0.901. The van der Waals surface area contributed by atoms with Crippen LogP contribution in [0.5, 0.6) is 40.2 Å². The van der Waals surface area contributed by atoms with Gasteiger partial charge in [-0.05, 0) is 68.1 Å². The molecule has 10 rings (SSSR count). The Bertz CT molecular complexity index is 2420. The quantitative estimate of drug-likeness (QED) is 0.152. The zero-order chi connectivity index (χ0) is 42.4. The number of benzene rings is 3. The maximum Gasteiger partial charge on any atom is 0.518 e. The highest BCUT2D eigenvalue weighted by Crippen LogP contribution is 2.64. The molecular formula is C43H44N4O12S. The standard InChI is InChI=1S/C43H44N4O12S/c1-8-54-42(51)59-29-13-22-9-10-45-43(24(22)14-28(29)52-6)17-60-40-32-31(39-38(56-18-57-39)20(3)37(32)58-21(4)48)27(16-55-41(43)50)47-26(15-44)25-12-23-11-19(2)36(53-7)35(49)30(23)33(34(40)47)46(25)5/h8,11,13-14,25-27,33-34,40,45,49H,1,9-10,12,16-18H2,2-7H3/t25-,26-,27+,33+,34?,40+,43+/m0/s1. The summed E-state index contributed by atoms with van der Waals surface area (Å²) in [5, 5.41) is 26.2. The first-order valence-corrected chi connectivity index (χ1v) is 20.6. The maximum absolute atomic E-state index is 15.0. The van der Waals surface area contributed by atoms with Gasteiger partial charge in [-0.2, -0.15) is 5.26 Å². The second-order valence-corrected chi connectivity index (χ2v) is 16.8. The number of methoxy groups -OCH3 is 2. The summed E-state index contributed by atoms with van der Waals surface area (Å²) in [6.45, 7) is 8.51. The first kappa shape index (κ1) is 39.8. The van der Waals surface area contributed by atoms with Crippen molar-refractivity contribution in [2.45, 2.75) is 74.6 Å². The van der Waals surface area contributed by atoms with Crippen molar-refractivity contribution in [2.75, 3.05) is 47.0 Å². The third-order valence-electron chi connectivity index (χ3n) is 12.8. The highest BCUT2D eigenvalue weighted by molar-refractivity contribution is 7.99. The molecule has 314 valence electrons. The summed E-state index contributed by atoms with van der Waals surface area (Å²) in [5.41, 5.74) is 4.03. The van der Waals surface area contributed by atoms with E-state index in [-0.39, 0.29) is 42.4 Å². The lowest BCUT2D eigenvalue weighted by molar-refractivity contribution is -0.157. The topological polar surface area (TPSA) is 188 Å². The summed E-state index contributed by atoms with van der Waals surface area (Å²) in [5.74, 6) is 0.796. The van der Waals surface area contributed by atoms with Crippen LogP contribution in [0.15, 0.2) is 31.0 Å². The number of thioether (sulfide) groups is 1. The molecule has 7 heterocycles. The average Bonchev–Trinajstić information content (AvgIpc) is 3.71. The van der Waals surface area contributed by atoms with E-state index in [1.165, 1.54) is 32.9 Å². The predicted molar refractivity (Wildman–Crippen MR) is 214 cm³/mol. The van der Waals surface area contributed by atoms with Crippen LogP contribution in [0.2, 0.25) is 0 Å². The Morgan fingerprint density at radius 1 is 1.05 bits per heavy atom. The van der Waals surface area contributed by atoms with E-state index in [2.05, 4.69) is 27.8 Å². The Kier molecular flexibility index (Phi) is 9.81. The van der Waals surface area contributed by atoms with Crippen LogP contribution in [0, 0.1) is 25.2 Å². The SMILES string of the molecule is C=COC(=O)Oc1cc2c(cc1OC)[C@@]1(CS[C@@H]3c4c(OC(C)=O)c(C)c5c(c4[C@@H](COC1=O)N1C3[C@H]3c4c(cc(C)c(OC)c4O)C[C@@H]([C@@H]1C#N)N3C)OCO5)NCC2. The fourth-order valence-corrected chi connectivity index (χ4v) is 12.1. The second kappa shape index (κ2) is 14.8. The minimum absolute atomic E-state index is 0.0197. The number of hydrogen-bond donors (Lipinski definition) is 2. The molecule has 2 saturated heterocycles. The van der Waals surface area contributed by atoms with E-state index in [1.807, 2.05) is 27.0 Å². The summed E-state index contributed by atoms with van der Waals surface area (Å²) >= 11 is 1.44. The molecule has 0 amide bonds. The Labute approximate surface area is 350 Å². The van der Waals surface area contributed by atoms with Gasteiger partial charge in [-0.25, -0.2) is 9.59 Å². The van der Waals surface area contributed by atoms with E-state index in [0.29, 0.717) is 70.2 Å². The molecule has 7 atom stereocenters. The summed E-state index contributed by atoms with van der Waals surface area (Å²) in [7, 11) is 4.92. The largest absolute Gasteiger partial charge is 0.518 e. The van der Waals surface area contributed by atoms with Gasteiger partial charge < -0.3 is 43.0 Å². The first-order chi connectivity index (χ1) is 28.9. The molecule has 2 fully saturated rings. The molecule has 1 spiro atoms. The number of nitrogens with zero attached hydrogens (tertiary/aromatic N) is 3. The lowest BCUT2D eigenvalue weighted by Crippen LogP contribution is -2.69. The molecule has 1 unspecified atom stereocenters. The number of esters is 2. The van der Waals surface area contributed by atoms with Crippen LogP contribution >= 0.6 is 11.8 Å². The predicted octanol–water partition coefficient (Wildman–Crippen LogP) is 4.94. The molecule has 17 heteroatoms. The van der Waals surface area contributed by atoms with Crippen molar-refractivity contribution in [3.8, 4) is 46.3 Å². The number of ether oxygens (including phenoxy) is 8. The highest BCUT2D eigenvalue weighted by Gasteiger charge is 2.62. The van der Waals surface area contributed by atoms with Crippen molar-refractivity contribution in [2.24, 2.45) is 0 Å². The van der Waals surface area contributed by atoms with Crippen molar-refractivity contribution in [1.82, 2.24) is 15.1 Å². The normalized spacial score (nSPS) is 27.2. The number of nitriles is 1. The Morgan fingerprint density at radius 3 is 2.55 bits per heavy atom. The number of nitrogens with one attached hydrogen (secondary N) is 1. The van der Waals surface area contributed by atoms with Gasteiger partial charge >= 0.3 is 18.1 Å². The van der Waals surface area contributed by atoms with E-state index < -0.39 is 53.1 Å². The minimum atomic E-state index is -1.45. The van der Waals surface area contributed by atoms with Crippen molar-refractivity contribution >= 4 is 29.9 Å². The summed E-state index contributed by atoms with van der Waals surface area (Å²) in [4.78, 5) is 44.6. The van der Waals surface area contributed by atoms with Crippen LogP contribution in [0.4, 0.5) is 4.79 Å². The van der Waals surface area contributed by atoms with Gasteiger partial charge in [0.25, 0.3) is 0 Å². The lowest BCUT2D eigenvalue weighted by atomic mass is 9.71. The van der Waals surface area contributed by atoms with E-state index in [0.717, 1.165) is 23.0 Å². The van der Waals surface area contributed by atoms with Crippen LogP contribution in [-0.4, -0.2) is 98.1 Å². The number of rotatable bonds is 5. The lowest BCUT2D eigenvalue weighted by Gasteiger charge is -2.62. The molecule has 4 bridgehead atoms. The van der Waals surface area contributed by atoms with Gasteiger partial charge in [0, 0.05) is 53.6 Å². The van der Waals surface area contributed by atoms with Crippen molar-refractivity contribution in [3.63, 3.8) is 0 Å². The van der Waals surface area contributed by atoms with Crippen LogP contribution < -0.4 is 33.7 Å². The van der Waals surface area contributed by atoms with Gasteiger partial charge in [-0.3, -0.25) is 19.9 Å². The second-order valence-electron chi connectivity index (χ2n) is 15.7. The highest BCUT2D eigenvalue weighted by atomic mass is 32.2. The third-order valence-corrected chi connectivity index (χ3v) is 14.3. The van der Waals surface area contributed by atoms with E-state index in [9.17, 15) is 24.8 Å². The fraction of sp³-hybridized carbons (Fsp3) is 0.442. The monoisotopic (exact) mass is 840 g/mol. The molecule has 7 aliphatic heterocycles. The van der Waals surface area contributed by atoms with Crippen LogP contribution in [0.25, 0.3) is 0 Å². The van der Waals surface area contributed by atoms with Gasteiger partial charge in [0.05, 0.1) is 43.9 Å². The molecule has 3 aromatic rings. The molecule has 3 aromatic carbocycles. The first-order valence-electron chi connectivity index (χ1n) is 19.6.